The first-order chi connectivity index (χ1) is 15.1. The summed E-state index contributed by atoms with van der Waals surface area (Å²) in [6.45, 7) is 3.72. The van der Waals surface area contributed by atoms with Crippen molar-refractivity contribution in [1.82, 2.24) is 0 Å². The molecule has 0 aliphatic heterocycles. The van der Waals surface area contributed by atoms with E-state index in [0.717, 1.165) is 24.8 Å². The maximum Gasteiger partial charge on any atom is 0.306 e. The van der Waals surface area contributed by atoms with Crippen LogP contribution in [0.4, 0.5) is 0 Å². The maximum atomic E-state index is 13.5. The van der Waals surface area contributed by atoms with E-state index in [9.17, 15) is 24.0 Å². The summed E-state index contributed by atoms with van der Waals surface area (Å²) in [6, 6.07) is 0. The van der Waals surface area contributed by atoms with Crippen molar-refractivity contribution >= 4 is 29.3 Å². The van der Waals surface area contributed by atoms with Gasteiger partial charge >= 0.3 is 11.9 Å². The molecule has 4 rings (SSSR count). The number of carbonyl (C=O) groups excluding carboxylic acids is 4. The number of ketones is 3. The number of rotatable bonds is 6. The summed E-state index contributed by atoms with van der Waals surface area (Å²) in [4.78, 5) is 60.7. The van der Waals surface area contributed by atoms with Crippen LogP contribution >= 0.6 is 0 Å². The normalized spacial score (nSPS) is 37.8. The average Bonchev–Trinajstić information content (AvgIpc) is 3.07. The maximum absolute atomic E-state index is 13.5. The number of carboxylic acids is 1. The van der Waals surface area contributed by atoms with Crippen LogP contribution in [0.2, 0.25) is 0 Å². The van der Waals surface area contributed by atoms with Crippen LogP contribution in [-0.4, -0.2) is 41.0 Å². The van der Waals surface area contributed by atoms with Crippen LogP contribution in [0.25, 0.3) is 0 Å². The third-order valence-electron chi connectivity index (χ3n) is 8.56. The zero-order valence-electron chi connectivity index (χ0n) is 18.6. The second kappa shape index (κ2) is 8.09. The Morgan fingerprint density at radius 2 is 1.88 bits per heavy atom. The number of aliphatic carboxylic acids is 1. The second-order valence-electron chi connectivity index (χ2n) is 10.3. The van der Waals surface area contributed by atoms with Crippen molar-refractivity contribution in [3.63, 3.8) is 0 Å². The third kappa shape index (κ3) is 3.65. The van der Waals surface area contributed by atoms with Crippen molar-refractivity contribution in [3.8, 4) is 0 Å². The van der Waals surface area contributed by atoms with Gasteiger partial charge in [-0.05, 0) is 55.1 Å². The number of Topliss-reactive ketones (excluding diaryl/α,β-unsaturated/α-hetero) is 2. The topological polar surface area (TPSA) is 115 Å². The van der Waals surface area contributed by atoms with Gasteiger partial charge in [0.15, 0.2) is 11.6 Å². The van der Waals surface area contributed by atoms with Gasteiger partial charge < -0.3 is 9.84 Å². The number of hydrogen-bond acceptors (Lipinski definition) is 6. The summed E-state index contributed by atoms with van der Waals surface area (Å²) < 4.78 is 5.04. The van der Waals surface area contributed by atoms with E-state index in [1.165, 1.54) is 0 Å². The van der Waals surface area contributed by atoms with Crippen molar-refractivity contribution in [1.29, 1.82) is 0 Å². The van der Waals surface area contributed by atoms with Gasteiger partial charge in [0.2, 0.25) is 0 Å². The minimum Gasteiger partial charge on any atom is -0.481 e. The van der Waals surface area contributed by atoms with Gasteiger partial charge in [0, 0.05) is 23.7 Å². The highest BCUT2D eigenvalue weighted by molar-refractivity contribution is 6.02. The Labute approximate surface area is 187 Å². The molecule has 0 aromatic carbocycles. The molecule has 7 nitrogen and oxygen atoms in total. The summed E-state index contributed by atoms with van der Waals surface area (Å²) in [6.07, 6.45) is 8.04. The molecule has 0 saturated heterocycles. The lowest BCUT2D eigenvalue weighted by atomic mass is 9.47. The SMILES string of the molecule is CC12C=CC(=O)C=C1CCC1C2C(=O)CC2(C)C(C(=O)COC(=O)CCC(=O)O)CCC12. The Balaban J connectivity index is 1.49. The standard InChI is InChI=1S/C25H30O7/c1-24-10-9-15(26)11-14(24)3-4-16-17-5-6-18(25(17,2)12-19(27)23(16)24)20(28)13-32-22(31)8-7-21(29)30/h9-11,16-18,23H,3-8,12-13H2,1-2H3,(H,29,30). The second-order valence-corrected chi connectivity index (χ2v) is 10.3. The third-order valence-corrected chi connectivity index (χ3v) is 8.56. The van der Waals surface area contributed by atoms with Gasteiger partial charge in [-0.2, -0.15) is 0 Å². The lowest BCUT2D eigenvalue weighted by Crippen LogP contribution is -2.54. The molecule has 0 amide bonds. The number of ether oxygens (including phenoxy) is 1. The van der Waals surface area contributed by atoms with Crippen molar-refractivity contribution in [2.45, 2.75) is 58.8 Å². The highest BCUT2D eigenvalue weighted by atomic mass is 16.5. The summed E-state index contributed by atoms with van der Waals surface area (Å²) in [5.74, 6) is -1.97. The van der Waals surface area contributed by atoms with Crippen molar-refractivity contribution in [2.24, 2.45) is 34.5 Å². The van der Waals surface area contributed by atoms with E-state index in [1.54, 1.807) is 12.2 Å². The van der Waals surface area contributed by atoms with E-state index in [2.05, 4.69) is 6.92 Å². The van der Waals surface area contributed by atoms with E-state index in [1.807, 2.05) is 13.0 Å². The van der Waals surface area contributed by atoms with Gasteiger partial charge in [0.25, 0.3) is 0 Å². The molecule has 0 spiro atoms. The quantitative estimate of drug-likeness (QED) is 0.629. The lowest BCUT2D eigenvalue weighted by Gasteiger charge is -2.55. The molecule has 0 aromatic rings. The molecule has 4 aliphatic rings. The molecule has 7 heteroatoms. The molecular weight excluding hydrogens is 412 g/mol. The smallest absolute Gasteiger partial charge is 0.306 e. The van der Waals surface area contributed by atoms with Gasteiger partial charge in [-0.25, -0.2) is 0 Å². The predicted molar refractivity (Wildman–Crippen MR) is 113 cm³/mol. The van der Waals surface area contributed by atoms with Gasteiger partial charge in [0.1, 0.15) is 12.4 Å². The predicted octanol–water partition coefficient (Wildman–Crippen LogP) is 3.07. The van der Waals surface area contributed by atoms with Crippen LogP contribution in [0.15, 0.2) is 23.8 Å². The Hall–Kier alpha value is -2.57. The van der Waals surface area contributed by atoms with Crippen molar-refractivity contribution in [2.75, 3.05) is 6.61 Å². The summed E-state index contributed by atoms with van der Waals surface area (Å²) in [5.41, 5.74) is 0.146. The van der Waals surface area contributed by atoms with Crippen LogP contribution in [0, 0.1) is 34.5 Å². The molecule has 0 bridgehead atoms. The van der Waals surface area contributed by atoms with Crippen LogP contribution < -0.4 is 0 Å². The fourth-order valence-electron chi connectivity index (χ4n) is 7.09. The first-order valence-corrected chi connectivity index (χ1v) is 11.4. The van der Waals surface area contributed by atoms with Crippen molar-refractivity contribution in [3.05, 3.63) is 23.8 Å². The molecule has 32 heavy (non-hydrogen) atoms. The first-order valence-electron chi connectivity index (χ1n) is 11.4. The molecule has 3 fully saturated rings. The Morgan fingerprint density at radius 3 is 2.59 bits per heavy atom. The monoisotopic (exact) mass is 442 g/mol. The molecule has 172 valence electrons. The first kappa shape index (κ1) is 22.6. The molecule has 6 unspecified atom stereocenters. The largest absolute Gasteiger partial charge is 0.481 e. The zero-order chi connectivity index (χ0) is 23.3. The van der Waals surface area contributed by atoms with Crippen LogP contribution in [-0.2, 0) is 28.7 Å². The number of hydrogen-bond donors (Lipinski definition) is 1. The molecule has 1 N–H and O–H groups in total. The number of allylic oxidation sites excluding steroid dienone is 4. The summed E-state index contributed by atoms with van der Waals surface area (Å²) >= 11 is 0. The number of esters is 1. The fraction of sp³-hybridized carbons (Fsp3) is 0.640. The van der Waals surface area contributed by atoms with Gasteiger partial charge in [-0.1, -0.05) is 25.5 Å². The van der Waals surface area contributed by atoms with Crippen LogP contribution in [0.1, 0.15) is 58.8 Å². The van der Waals surface area contributed by atoms with E-state index in [-0.39, 0.29) is 60.5 Å². The number of carbonyl (C=O) groups is 5. The number of carboxylic acid groups (broad SMARTS) is 1. The Bertz CT molecular complexity index is 944. The highest BCUT2D eigenvalue weighted by Crippen LogP contribution is 2.64. The molecule has 0 heterocycles. The zero-order valence-corrected chi connectivity index (χ0v) is 18.6. The summed E-state index contributed by atoms with van der Waals surface area (Å²) in [7, 11) is 0. The van der Waals surface area contributed by atoms with E-state index in [0.29, 0.717) is 12.8 Å². The minimum absolute atomic E-state index is 0.0200. The molecule has 6 atom stereocenters. The Kier molecular flexibility index (Phi) is 5.72. The van der Waals surface area contributed by atoms with Crippen LogP contribution in [0.5, 0.6) is 0 Å². The van der Waals surface area contributed by atoms with Crippen LogP contribution in [0.3, 0.4) is 0 Å². The highest BCUT2D eigenvalue weighted by Gasteiger charge is 2.62. The summed E-state index contributed by atoms with van der Waals surface area (Å²) in [5, 5.41) is 8.67. The van der Waals surface area contributed by atoms with Gasteiger partial charge in [-0.3, -0.25) is 24.0 Å². The van der Waals surface area contributed by atoms with E-state index >= 15 is 0 Å². The lowest BCUT2D eigenvalue weighted by molar-refractivity contribution is -0.154. The van der Waals surface area contributed by atoms with Gasteiger partial charge in [0.05, 0.1) is 12.8 Å². The van der Waals surface area contributed by atoms with E-state index < -0.39 is 22.8 Å². The van der Waals surface area contributed by atoms with Crippen molar-refractivity contribution < 1.29 is 33.8 Å². The minimum atomic E-state index is -1.09. The van der Waals surface area contributed by atoms with E-state index in [4.69, 9.17) is 9.84 Å². The molecular formula is C25H30O7. The molecule has 0 aromatic heterocycles. The van der Waals surface area contributed by atoms with Gasteiger partial charge in [-0.15, -0.1) is 0 Å². The average molecular weight is 443 g/mol. The fourth-order valence-corrected chi connectivity index (χ4v) is 7.09. The molecule has 4 aliphatic carbocycles. The molecule has 3 saturated carbocycles. The Morgan fingerprint density at radius 1 is 1.12 bits per heavy atom. The molecule has 0 radical (unpaired) electrons. The number of fused-ring (bicyclic) bond motifs is 5.